The first-order chi connectivity index (χ1) is 10.9. The molecule has 0 N–H and O–H groups in total. The number of hydrogen-bond acceptors (Lipinski definition) is 2. The lowest BCUT2D eigenvalue weighted by Gasteiger charge is -2.50. The standard InChI is InChI=1S/C21H40O2/c1-6-7-15-20(4)16-11-12-17-21(20,23-5)19(22)14-10-8-9-13-18(2)3/h18H,6-17H2,1-5H3. The van der Waals surface area contributed by atoms with Crippen molar-refractivity contribution in [3.63, 3.8) is 0 Å². The molecule has 0 heterocycles. The number of ketones is 1. The molecule has 1 saturated carbocycles. The largest absolute Gasteiger partial charge is 0.370 e. The van der Waals surface area contributed by atoms with Crippen molar-refractivity contribution in [2.75, 3.05) is 7.11 Å². The normalized spacial score (nSPS) is 28.3. The maximum absolute atomic E-state index is 13.1. The number of unbranched alkanes of at least 4 members (excludes halogenated alkanes) is 3. The van der Waals surface area contributed by atoms with Crippen molar-refractivity contribution in [1.82, 2.24) is 0 Å². The van der Waals surface area contributed by atoms with Gasteiger partial charge in [-0.05, 0) is 31.6 Å². The van der Waals surface area contributed by atoms with Crippen LogP contribution in [-0.4, -0.2) is 18.5 Å². The van der Waals surface area contributed by atoms with Gasteiger partial charge in [0, 0.05) is 18.9 Å². The number of ether oxygens (including phenoxy) is 1. The fraction of sp³-hybridized carbons (Fsp3) is 0.952. The minimum atomic E-state index is -0.515. The zero-order valence-electron chi connectivity index (χ0n) is 16.4. The average molecular weight is 325 g/mol. The molecule has 2 nitrogen and oxygen atoms in total. The predicted octanol–water partition coefficient (Wildman–Crippen LogP) is 6.32. The van der Waals surface area contributed by atoms with Crippen molar-refractivity contribution in [3.8, 4) is 0 Å². The summed E-state index contributed by atoms with van der Waals surface area (Å²) in [4.78, 5) is 13.1. The Morgan fingerprint density at radius 2 is 1.78 bits per heavy atom. The topological polar surface area (TPSA) is 26.3 Å². The molecule has 1 aliphatic carbocycles. The molecule has 1 fully saturated rings. The van der Waals surface area contributed by atoms with Crippen molar-refractivity contribution in [1.29, 1.82) is 0 Å². The lowest BCUT2D eigenvalue weighted by atomic mass is 9.59. The van der Waals surface area contributed by atoms with Gasteiger partial charge in [-0.3, -0.25) is 4.79 Å². The van der Waals surface area contributed by atoms with Crippen LogP contribution in [-0.2, 0) is 9.53 Å². The average Bonchev–Trinajstić information content (AvgIpc) is 2.52. The van der Waals surface area contributed by atoms with Gasteiger partial charge < -0.3 is 4.74 Å². The molecule has 0 amide bonds. The Bertz CT molecular complexity index is 350. The Morgan fingerprint density at radius 1 is 1.09 bits per heavy atom. The molecule has 2 atom stereocenters. The molecule has 136 valence electrons. The van der Waals surface area contributed by atoms with Gasteiger partial charge >= 0.3 is 0 Å². The highest BCUT2D eigenvalue weighted by molar-refractivity contribution is 5.88. The van der Waals surface area contributed by atoms with E-state index in [4.69, 9.17) is 4.74 Å². The first-order valence-corrected chi connectivity index (χ1v) is 10.0. The van der Waals surface area contributed by atoms with E-state index >= 15 is 0 Å². The number of rotatable bonds is 11. The summed E-state index contributed by atoms with van der Waals surface area (Å²) >= 11 is 0. The molecule has 0 saturated heterocycles. The van der Waals surface area contributed by atoms with Gasteiger partial charge in [0.25, 0.3) is 0 Å². The number of carbonyl (C=O) groups is 1. The third-order valence-corrected chi connectivity index (χ3v) is 6.05. The first-order valence-electron chi connectivity index (χ1n) is 10.0. The maximum Gasteiger partial charge on any atom is 0.165 e. The van der Waals surface area contributed by atoms with Gasteiger partial charge in [-0.1, -0.05) is 72.6 Å². The number of methoxy groups -OCH3 is 1. The quantitative estimate of drug-likeness (QED) is 0.416. The molecule has 2 heteroatoms. The molecular weight excluding hydrogens is 284 g/mol. The summed E-state index contributed by atoms with van der Waals surface area (Å²) < 4.78 is 6.00. The van der Waals surface area contributed by atoms with E-state index in [1.54, 1.807) is 7.11 Å². The van der Waals surface area contributed by atoms with Gasteiger partial charge in [0.1, 0.15) is 5.60 Å². The first kappa shape index (κ1) is 20.7. The molecular formula is C21H40O2. The van der Waals surface area contributed by atoms with E-state index in [9.17, 15) is 4.79 Å². The van der Waals surface area contributed by atoms with Crippen LogP contribution in [0.3, 0.4) is 0 Å². The monoisotopic (exact) mass is 324 g/mol. The van der Waals surface area contributed by atoms with E-state index in [-0.39, 0.29) is 5.41 Å². The summed E-state index contributed by atoms with van der Waals surface area (Å²) in [5, 5.41) is 0. The van der Waals surface area contributed by atoms with E-state index in [1.807, 2.05) is 0 Å². The lowest BCUT2D eigenvalue weighted by molar-refractivity contribution is -0.170. The number of carbonyl (C=O) groups excluding carboxylic acids is 1. The second-order valence-corrected chi connectivity index (χ2v) is 8.32. The Hall–Kier alpha value is -0.370. The van der Waals surface area contributed by atoms with Crippen molar-refractivity contribution < 1.29 is 9.53 Å². The Morgan fingerprint density at radius 3 is 2.39 bits per heavy atom. The zero-order valence-corrected chi connectivity index (χ0v) is 16.4. The second-order valence-electron chi connectivity index (χ2n) is 8.32. The van der Waals surface area contributed by atoms with Crippen LogP contribution in [0.15, 0.2) is 0 Å². The van der Waals surface area contributed by atoms with Gasteiger partial charge in [-0.15, -0.1) is 0 Å². The Labute approximate surface area is 144 Å². The summed E-state index contributed by atoms with van der Waals surface area (Å²) in [5.41, 5.74) is -0.483. The van der Waals surface area contributed by atoms with Crippen LogP contribution >= 0.6 is 0 Å². The van der Waals surface area contributed by atoms with E-state index in [1.165, 1.54) is 38.5 Å². The molecule has 0 radical (unpaired) electrons. The molecule has 0 aromatic heterocycles. The van der Waals surface area contributed by atoms with Gasteiger partial charge in [0.2, 0.25) is 0 Å². The zero-order chi connectivity index (χ0) is 17.3. The van der Waals surface area contributed by atoms with Crippen LogP contribution in [0, 0.1) is 11.3 Å². The molecule has 2 unspecified atom stereocenters. The maximum atomic E-state index is 13.1. The molecule has 1 rings (SSSR count). The van der Waals surface area contributed by atoms with Crippen LogP contribution < -0.4 is 0 Å². The molecule has 0 spiro atoms. The fourth-order valence-corrected chi connectivity index (χ4v) is 4.44. The predicted molar refractivity (Wildman–Crippen MR) is 98.8 cm³/mol. The van der Waals surface area contributed by atoms with Gasteiger partial charge in [0.05, 0.1) is 0 Å². The smallest absolute Gasteiger partial charge is 0.165 e. The summed E-state index contributed by atoms with van der Waals surface area (Å²) in [5.74, 6) is 1.15. The lowest BCUT2D eigenvalue weighted by Crippen LogP contribution is -2.56. The van der Waals surface area contributed by atoms with Gasteiger partial charge in [-0.25, -0.2) is 0 Å². The van der Waals surface area contributed by atoms with Crippen molar-refractivity contribution in [3.05, 3.63) is 0 Å². The van der Waals surface area contributed by atoms with Crippen LogP contribution in [0.1, 0.15) is 105 Å². The second kappa shape index (κ2) is 9.81. The minimum absolute atomic E-state index is 0.0328. The SMILES string of the molecule is CCCCC1(C)CCCCC1(OC)C(=O)CCCCCC(C)C. The summed E-state index contributed by atoms with van der Waals surface area (Å²) in [7, 11) is 1.77. The van der Waals surface area contributed by atoms with Crippen molar-refractivity contribution in [2.24, 2.45) is 11.3 Å². The van der Waals surface area contributed by atoms with E-state index in [0.29, 0.717) is 12.2 Å². The number of hydrogen-bond donors (Lipinski definition) is 0. The van der Waals surface area contributed by atoms with Crippen LogP contribution in [0.2, 0.25) is 0 Å². The van der Waals surface area contributed by atoms with Crippen LogP contribution in [0.4, 0.5) is 0 Å². The fourth-order valence-electron chi connectivity index (χ4n) is 4.44. The molecule has 1 aliphatic rings. The van der Waals surface area contributed by atoms with E-state index in [0.717, 1.165) is 38.0 Å². The highest BCUT2D eigenvalue weighted by atomic mass is 16.5. The summed E-state index contributed by atoms with van der Waals surface area (Å²) in [6.45, 7) is 9.08. The Kier molecular flexibility index (Phi) is 8.82. The van der Waals surface area contributed by atoms with Gasteiger partial charge in [0.15, 0.2) is 5.78 Å². The third kappa shape index (κ3) is 5.31. The van der Waals surface area contributed by atoms with E-state index < -0.39 is 5.60 Å². The van der Waals surface area contributed by atoms with Crippen LogP contribution in [0.25, 0.3) is 0 Å². The molecule has 23 heavy (non-hydrogen) atoms. The van der Waals surface area contributed by atoms with Crippen molar-refractivity contribution >= 4 is 5.78 Å². The third-order valence-electron chi connectivity index (χ3n) is 6.05. The summed E-state index contributed by atoms with van der Waals surface area (Å²) in [6.07, 6.45) is 13.4. The highest BCUT2D eigenvalue weighted by Gasteiger charge is 2.53. The molecule has 0 aliphatic heterocycles. The highest BCUT2D eigenvalue weighted by Crippen LogP contribution is 2.50. The molecule has 0 aromatic carbocycles. The Balaban J connectivity index is 2.66. The number of Topliss-reactive ketones (excluding diaryl/α,β-unsaturated/α-hetero) is 1. The molecule has 0 aromatic rings. The van der Waals surface area contributed by atoms with Crippen LogP contribution in [0.5, 0.6) is 0 Å². The van der Waals surface area contributed by atoms with Gasteiger partial charge in [-0.2, -0.15) is 0 Å². The van der Waals surface area contributed by atoms with Crippen molar-refractivity contribution in [2.45, 2.75) is 110 Å². The minimum Gasteiger partial charge on any atom is -0.370 e. The summed E-state index contributed by atoms with van der Waals surface area (Å²) in [6, 6.07) is 0. The molecule has 0 bridgehead atoms. The van der Waals surface area contributed by atoms with E-state index in [2.05, 4.69) is 27.7 Å².